The summed E-state index contributed by atoms with van der Waals surface area (Å²) >= 11 is 0. The molecule has 0 aliphatic rings. The number of benzene rings is 1. The van der Waals surface area contributed by atoms with Crippen LogP contribution in [0.15, 0.2) is 29.1 Å². The Morgan fingerprint density at radius 1 is 1.30 bits per heavy atom. The minimum atomic E-state index is -0.557. The first-order valence-electron chi connectivity index (χ1n) is 5.96. The van der Waals surface area contributed by atoms with Crippen LogP contribution < -0.4 is 11.0 Å². The van der Waals surface area contributed by atoms with Crippen molar-refractivity contribution in [1.82, 2.24) is 20.2 Å². The maximum atomic E-state index is 11.6. The molecule has 8 nitrogen and oxygen atoms in total. The molecular formula is C12H15N5O3. The van der Waals surface area contributed by atoms with E-state index in [2.05, 4.69) is 20.8 Å². The Kier molecular flexibility index (Phi) is 3.55. The highest BCUT2D eigenvalue weighted by atomic mass is 16.6. The van der Waals surface area contributed by atoms with Crippen LogP contribution in [0.1, 0.15) is 20.8 Å². The van der Waals surface area contributed by atoms with Gasteiger partial charge in [0.15, 0.2) is 0 Å². The van der Waals surface area contributed by atoms with Crippen molar-refractivity contribution in [3.8, 4) is 5.69 Å². The second-order valence-electron chi connectivity index (χ2n) is 5.09. The molecule has 1 aromatic heterocycles. The van der Waals surface area contributed by atoms with Crippen LogP contribution >= 0.6 is 0 Å². The Bertz CT molecular complexity index is 651. The van der Waals surface area contributed by atoms with E-state index in [1.807, 2.05) is 0 Å². The van der Waals surface area contributed by atoms with E-state index >= 15 is 0 Å². The molecule has 1 amide bonds. The lowest BCUT2D eigenvalue weighted by Gasteiger charge is -2.19. The molecule has 0 saturated carbocycles. The number of H-pyrrole nitrogens is 1. The van der Waals surface area contributed by atoms with Crippen LogP contribution in [0, 0.1) is 0 Å². The molecule has 0 radical (unpaired) electrons. The van der Waals surface area contributed by atoms with Crippen molar-refractivity contribution in [2.24, 2.45) is 0 Å². The molecule has 106 valence electrons. The normalized spacial score (nSPS) is 11.2. The van der Waals surface area contributed by atoms with Gasteiger partial charge in [-0.05, 0) is 55.5 Å². The second-order valence-corrected chi connectivity index (χ2v) is 5.09. The smallest absolute Gasteiger partial charge is 0.412 e. The second kappa shape index (κ2) is 5.16. The third kappa shape index (κ3) is 3.44. The number of aromatic nitrogens is 4. The number of nitrogens with one attached hydrogen (secondary N) is 2. The van der Waals surface area contributed by atoms with Gasteiger partial charge in [0.25, 0.3) is 0 Å². The summed E-state index contributed by atoms with van der Waals surface area (Å²) in [5.41, 5.74) is 0.105. The van der Waals surface area contributed by atoms with Crippen molar-refractivity contribution in [1.29, 1.82) is 0 Å². The number of nitrogens with zero attached hydrogens (tertiary/aromatic N) is 3. The van der Waals surface area contributed by atoms with Crippen molar-refractivity contribution in [2.45, 2.75) is 26.4 Å². The van der Waals surface area contributed by atoms with E-state index in [1.165, 1.54) is 0 Å². The minimum Gasteiger partial charge on any atom is -0.444 e. The largest absolute Gasteiger partial charge is 0.444 e. The molecule has 0 unspecified atom stereocenters. The molecule has 0 aliphatic carbocycles. The van der Waals surface area contributed by atoms with Crippen LogP contribution in [-0.4, -0.2) is 31.9 Å². The topological polar surface area (TPSA) is 102 Å². The number of tetrazole rings is 1. The monoisotopic (exact) mass is 277 g/mol. The highest BCUT2D eigenvalue weighted by molar-refractivity contribution is 5.84. The summed E-state index contributed by atoms with van der Waals surface area (Å²) < 4.78 is 6.24. The number of rotatable bonds is 2. The lowest BCUT2D eigenvalue weighted by atomic mass is 10.2. The number of hydrogen-bond acceptors (Lipinski definition) is 5. The van der Waals surface area contributed by atoms with Gasteiger partial charge in [0.05, 0.1) is 5.69 Å². The van der Waals surface area contributed by atoms with Crippen molar-refractivity contribution in [3.63, 3.8) is 0 Å². The van der Waals surface area contributed by atoms with Gasteiger partial charge >= 0.3 is 11.8 Å². The standard InChI is InChI=1S/C12H15N5O3/c1-12(2,3)20-11(19)13-8-4-6-9(7-5-8)17-10(18)14-15-16-17/h4-7H,1-3H3,(H,13,19)(H,14,16,18). The molecule has 1 heterocycles. The third-order valence-corrected chi connectivity index (χ3v) is 2.23. The zero-order valence-corrected chi connectivity index (χ0v) is 11.4. The molecule has 2 rings (SSSR count). The first-order chi connectivity index (χ1) is 9.35. The molecule has 0 bridgehead atoms. The maximum Gasteiger partial charge on any atom is 0.412 e. The van der Waals surface area contributed by atoms with Gasteiger partial charge in [-0.25, -0.2) is 14.7 Å². The van der Waals surface area contributed by atoms with Crippen LogP contribution in [0.3, 0.4) is 0 Å². The average molecular weight is 277 g/mol. The highest BCUT2D eigenvalue weighted by Gasteiger charge is 2.16. The summed E-state index contributed by atoms with van der Waals surface area (Å²) in [6.45, 7) is 5.35. The van der Waals surface area contributed by atoms with E-state index in [9.17, 15) is 9.59 Å². The summed E-state index contributed by atoms with van der Waals surface area (Å²) in [6.07, 6.45) is -0.538. The predicted octanol–water partition coefficient (Wildman–Crippen LogP) is 1.30. The molecule has 1 aromatic carbocycles. The number of anilines is 1. The molecule has 8 heteroatoms. The fourth-order valence-electron chi connectivity index (χ4n) is 1.47. The number of hydrogen-bond donors (Lipinski definition) is 2. The zero-order chi connectivity index (χ0) is 14.8. The summed E-state index contributed by atoms with van der Waals surface area (Å²) in [4.78, 5) is 22.9. The Morgan fingerprint density at radius 2 is 1.95 bits per heavy atom. The lowest BCUT2D eigenvalue weighted by molar-refractivity contribution is 0.0636. The van der Waals surface area contributed by atoms with E-state index in [0.29, 0.717) is 11.4 Å². The van der Waals surface area contributed by atoms with Crippen molar-refractivity contribution >= 4 is 11.8 Å². The predicted molar refractivity (Wildman–Crippen MR) is 71.8 cm³/mol. The van der Waals surface area contributed by atoms with E-state index in [0.717, 1.165) is 4.68 Å². The van der Waals surface area contributed by atoms with Crippen LogP contribution in [0.25, 0.3) is 5.69 Å². The molecule has 2 N–H and O–H groups in total. The summed E-state index contributed by atoms with van der Waals surface area (Å²) in [7, 11) is 0. The van der Waals surface area contributed by atoms with Gasteiger partial charge in [-0.15, -0.1) is 0 Å². The van der Waals surface area contributed by atoms with E-state index in [1.54, 1.807) is 45.0 Å². The highest BCUT2D eigenvalue weighted by Crippen LogP contribution is 2.13. The van der Waals surface area contributed by atoms with Gasteiger partial charge in [0, 0.05) is 5.69 Å². The number of aromatic amines is 1. The zero-order valence-electron chi connectivity index (χ0n) is 11.4. The van der Waals surface area contributed by atoms with Gasteiger partial charge in [-0.1, -0.05) is 0 Å². The third-order valence-electron chi connectivity index (χ3n) is 2.23. The Morgan fingerprint density at radius 3 is 2.45 bits per heavy atom. The molecule has 20 heavy (non-hydrogen) atoms. The van der Waals surface area contributed by atoms with Gasteiger partial charge in [-0.3, -0.25) is 5.32 Å². The molecule has 0 saturated heterocycles. The lowest BCUT2D eigenvalue weighted by Crippen LogP contribution is -2.27. The van der Waals surface area contributed by atoms with Crippen LogP contribution in [0.5, 0.6) is 0 Å². The molecule has 0 fully saturated rings. The van der Waals surface area contributed by atoms with E-state index < -0.39 is 17.4 Å². The van der Waals surface area contributed by atoms with Gasteiger partial charge < -0.3 is 4.74 Å². The van der Waals surface area contributed by atoms with Crippen molar-refractivity contribution in [3.05, 3.63) is 34.7 Å². The molecule has 2 aromatic rings. The maximum absolute atomic E-state index is 11.6. The van der Waals surface area contributed by atoms with Crippen LogP contribution in [-0.2, 0) is 4.74 Å². The molecule has 0 aliphatic heterocycles. The fraction of sp³-hybridized carbons (Fsp3) is 0.333. The Balaban J connectivity index is 2.08. The molecule has 0 atom stereocenters. The SMILES string of the molecule is CC(C)(C)OC(=O)Nc1ccc(-n2nn[nH]c2=O)cc1. The number of carbonyl (C=O) groups excluding carboxylic acids is 1. The van der Waals surface area contributed by atoms with Crippen molar-refractivity contribution < 1.29 is 9.53 Å². The first kappa shape index (κ1) is 13.8. The van der Waals surface area contributed by atoms with Gasteiger partial charge in [0.2, 0.25) is 0 Å². The summed E-state index contributed by atoms with van der Waals surface area (Å²) in [5.74, 6) is 0. The quantitative estimate of drug-likeness (QED) is 0.861. The molecular weight excluding hydrogens is 262 g/mol. The number of carbonyl (C=O) groups is 1. The van der Waals surface area contributed by atoms with Gasteiger partial charge in [-0.2, -0.15) is 4.68 Å². The Labute approximate surface area is 114 Å². The Hall–Kier alpha value is -2.64. The average Bonchev–Trinajstić information content (AvgIpc) is 2.74. The van der Waals surface area contributed by atoms with Crippen molar-refractivity contribution in [2.75, 3.05) is 5.32 Å². The van der Waals surface area contributed by atoms with Gasteiger partial charge in [0.1, 0.15) is 5.60 Å². The van der Waals surface area contributed by atoms with E-state index in [-0.39, 0.29) is 0 Å². The molecule has 0 spiro atoms. The number of amides is 1. The van der Waals surface area contributed by atoms with Crippen LogP contribution in [0.4, 0.5) is 10.5 Å². The van der Waals surface area contributed by atoms with E-state index in [4.69, 9.17) is 4.74 Å². The summed E-state index contributed by atoms with van der Waals surface area (Å²) in [5, 5.41) is 11.8. The fourth-order valence-corrected chi connectivity index (χ4v) is 1.47. The minimum absolute atomic E-state index is 0.433. The van der Waals surface area contributed by atoms with Crippen LogP contribution in [0.2, 0.25) is 0 Å². The summed E-state index contributed by atoms with van der Waals surface area (Å²) in [6, 6.07) is 6.55. The first-order valence-corrected chi connectivity index (χ1v) is 5.96. The number of ether oxygens (including phenoxy) is 1.